The summed E-state index contributed by atoms with van der Waals surface area (Å²) in [6.45, 7) is 4.08. The van der Waals surface area contributed by atoms with E-state index >= 15 is 0 Å². The molecule has 0 spiro atoms. The van der Waals surface area contributed by atoms with Crippen molar-refractivity contribution in [2.24, 2.45) is 0 Å². The molecule has 0 aliphatic carbocycles. The number of pyridine rings is 1. The molecule has 2 aliphatic heterocycles. The maximum absolute atomic E-state index is 11.4. The molecule has 4 heteroatoms. The lowest BCUT2D eigenvalue weighted by atomic mass is 10.0. The molecule has 1 aromatic heterocycles. The lowest BCUT2D eigenvalue weighted by Gasteiger charge is -2.15. The third-order valence-corrected chi connectivity index (χ3v) is 3.81. The van der Waals surface area contributed by atoms with Gasteiger partial charge in [0, 0.05) is 51.1 Å². The molecule has 1 amide bonds. The summed E-state index contributed by atoms with van der Waals surface area (Å²) in [5, 5.41) is 0. The Morgan fingerprint density at radius 3 is 3.00 bits per heavy atom. The van der Waals surface area contributed by atoms with Crippen LogP contribution in [0.2, 0.25) is 0 Å². The van der Waals surface area contributed by atoms with Crippen LogP contribution in [0.3, 0.4) is 0 Å². The molecule has 2 aliphatic rings. The Labute approximate surface area is 107 Å². The molecule has 0 fully saturated rings. The molecule has 3 rings (SSSR count). The second-order valence-corrected chi connectivity index (χ2v) is 4.96. The summed E-state index contributed by atoms with van der Waals surface area (Å²) in [4.78, 5) is 20.0. The number of fused-ring (bicyclic) bond motifs is 1. The Bertz CT molecular complexity index is 536. The van der Waals surface area contributed by atoms with Gasteiger partial charge in [-0.25, -0.2) is 0 Å². The molecule has 1 aromatic rings. The van der Waals surface area contributed by atoms with E-state index < -0.39 is 0 Å². The van der Waals surface area contributed by atoms with Gasteiger partial charge in [0.15, 0.2) is 0 Å². The SMILES string of the molecule is CC(=O)N1CC=C(c2nccc3c2CCN3C)C1. The number of rotatable bonds is 1. The predicted molar refractivity (Wildman–Crippen MR) is 71.4 cm³/mol. The number of anilines is 1. The highest BCUT2D eigenvalue weighted by atomic mass is 16.2. The minimum Gasteiger partial charge on any atom is -0.374 e. The second kappa shape index (κ2) is 4.12. The summed E-state index contributed by atoms with van der Waals surface area (Å²) < 4.78 is 0. The van der Waals surface area contributed by atoms with Gasteiger partial charge >= 0.3 is 0 Å². The fourth-order valence-electron chi connectivity index (χ4n) is 2.73. The van der Waals surface area contributed by atoms with Crippen LogP contribution in [-0.2, 0) is 11.2 Å². The van der Waals surface area contributed by atoms with Gasteiger partial charge in [0.2, 0.25) is 5.91 Å². The predicted octanol–water partition coefficient (Wildman–Crippen LogP) is 1.32. The Balaban J connectivity index is 1.93. The molecule has 0 N–H and O–H groups in total. The van der Waals surface area contributed by atoms with Crippen LogP contribution in [0.1, 0.15) is 18.2 Å². The highest BCUT2D eigenvalue weighted by molar-refractivity contribution is 5.81. The first-order chi connectivity index (χ1) is 8.66. The van der Waals surface area contributed by atoms with Crippen LogP contribution in [0.5, 0.6) is 0 Å². The largest absolute Gasteiger partial charge is 0.374 e. The van der Waals surface area contributed by atoms with Crippen molar-refractivity contribution in [2.75, 3.05) is 31.6 Å². The van der Waals surface area contributed by atoms with Crippen molar-refractivity contribution < 1.29 is 4.79 Å². The highest BCUT2D eigenvalue weighted by Crippen LogP contribution is 2.32. The van der Waals surface area contributed by atoms with Crippen LogP contribution >= 0.6 is 0 Å². The number of carbonyl (C=O) groups excluding carboxylic acids is 1. The van der Waals surface area contributed by atoms with Crippen LogP contribution in [0.15, 0.2) is 18.3 Å². The number of carbonyl (C=O) groups is 1. The van der Waals surface area contributed by atoms with Gasteiger partial charge < -0.3 is 9.80 Å². The molecule has 18 heavy (non-hydrogen) atoms. The van der Waals surface area contributed by atoms with Gasteiger partial charge in [0.05, 0.1) is 5.69 Å². The average Bonchev–Trinajstić information content (AvgIpc) is 2.97. The summed E-state index contributed by atoms with van der Waals surface area (Å²) in [6, 6.07) is 2.07. The van der Waals surface area contributed by atoms with Gasteiger partial charge in [-0.3, -0.25) is 9.78 Å². The fourth-order valence-corrected chi connectivity index (χ4v) is 2.73. The van der Waals surface area contributed by atoms with Crippen molar-refractivity contribution in [2.45, 2.75) is 13.3 Å². The highest BCUT2D eigenvalue weighted by Gasteiger charge is 2.25. The van der Waals surface area contributed by atoms with Crippen LogP contribution in [0, 0.1) is 0 Å². The smallest absolute Gasteiger partial charge is 0.220 e. The maximum Gasteiger partial charge on any atom is 0.220 e. The van der Waals surface area contributed by atoms with E-state index in [4.69, 9.17) is 0 Å². The summed E-state index contributed by atoms with van der Waals surface area (Å²) in [5.74, 6) is 0.131. The molecule has 0 aromatic carbocycles. The topological polar surface area (TPSA) is 36.4 Å². The number of amides is 1. The standard InChI is InChI=1S/C14H17N3O/c1-10(18)17-8-4-11(9-17)14-12-5-7-16(2)13(12)3-6-15-14/h3-4,6H,5,7-9H2,1-2H3. The molecule has 4 nitrogen and oxygen atoms in total. The number of aromatic nitrogens is 1. The second-order valence-electron chi connectivity index (χ2n) is 4.96. The summed E-state index contributed by atoms with van der Waals surface area (Å²) >= 11 is 0. The fraction of sp³-hybridized carbons (Fsp3) is 0.429. The van der Waals surface area contributed by atoms with Crippen molar-refractivity contribution in [1.82, 2.24) is 9.88 Å². The number of hydrogen-bond donors (Lipinski definition) is 0. The van der Waals surface area contributed by atoms with Crippen molar-refractivity contribution in [3.8, 4) is 0 Å². The molecule has 0 saturated carbocycles. The molecular formula is C14H17N3O. The molecule has 94 valence electrons. The first-order valence-electron chi connectivity index (χ1n) is 6.31. The van der Waals surface area contributed by atoms with E-state index in [1.54, 1.807) is 6.92 Å². The van der Waals surface area contributed by atoms with Crippen molar-refractivity contribution in [3.05, 3.63) is 29.6 Å². The molecule has 0 bridgehead atoms. The molecule has 3 heterocycles. The molecule has 0 unspecified atom stereocenters. The Morgan fingerprint density at radius 1 is 1.44 bits per heavy atom. The molecule has 0 saturated heterocycles. The lowest BCUT2D eigenvalue weighted by Crippen LogP contribution is -2.26. The van der Waals surface area contributed by atoms with Crippen LogP contribution in [-0.4, -0.2) is 42.5 Å². The number of nitrogens with zero attached hydrogens (tertiary/aromatic N) is 3. The van der Waals surface area contributed by atoms with Crippen LogP contribution < -0.4 is 4.90 Å². The van der Waals surface area contributed by atoms with Gasteiger partial charge in [0.25, 0.3) is 0 Å². The number of likely N-dealkylation sites (N-methyl/N-ethyl adjacent to an activating group) is 1. The minimum absolute atomic E-state index is 0.131. The van der Waals surface area contributed by atoms with E-state index in [2.05, 4.69) is 29.1 Å². The van der Waals surface area contributed by atoms with Crippen molar-refractivity contribution in [3.63, 3.8) is 0 Å². The first kappa shape index (κ1) is 11.3. The molecule has 0 atom stereocenters. The van der Waals surface area contributed by atoms with E-state index in [1.165, 1.54) is 16.8 Å². The zero-order chi connectivity index (χ0) is 12.7. The maximum atomic E-state index is 11.4. The van der Waals surface area contributed by atoms with E-state index in [-0.39, 0.29) is 5.91 Å². The van der Waals surface area contributed by atoms with Gasteiger partial charge in [0.1, 0.15) is 0 Å². The first-order valence-corrected chi connectivity index (χ1v) is 6.31. The zero-order valence-electron chi connectivity index (χ0n) is 10.8. The number of hydrogen-bond acceptors (Lipinski definition) is 3. The minimum atomic E-state index is 0.131. The zero-order valence-corrected chi connectivity index (χ0v) is 10.8. The van der Waals surface area contributed by atoms with Gasteiger partial charge in [-0.1, -0.05) is 6.08 Å². The average molecular weight is 243 g/mol. The summed E-state index contributed by atoms with van der Waals surface area (Å²) in [5.41, 5.74) is 4.89. The van der Waals surface area contributed by atoms with Gasteiger partial charge in [-0.05, 0) is 18.1 Å². The van der Waals surface area contributed by atoms with Crippen LogP contribution in [0.25, 0.3) is 5.57 Å². The van der Waals surface area contributed by atoms with E-state index in [1.807, 2.05) is 11.1 Å². The third kappa shape index (κ3) is 1.68. The van der Waals surface area contributed by atoms with Crippen LogP contribution in [0.4, 0.5) is 5.69 Å². The summed E-state index contributed by atoms with van der Waals surface area (Å²) in [6.07, 6.45) is 5.04. The molecular weight excluding hydrogens is 226 g/mol. The van der Waals surface area contributed by atoms with Crippen molar-refractivity contribution >= 4 is 17.2 Å². The molecule has 0 radical (unpaired) electrons. The Hall–Kier alpha value is -1.84. The van der Waals surface area contributed by atoms with E-state index in [0.29, 0.717) is 13.1 Å². The van der Waals surface area contributed by atoms with E-state index in [9.17, 15) is 4.79 Å². The van der Waals surface area contributed by atoms with Crippen molar-refractivity contribution in [1.29, 1.82) is 0 Å². The third-order valence-electron chi connectivity index (χ3n) is 3.81. The quantitative estimate of drug-likeness (QED) is 0.746. The monoisotopic (exact) mass is 243 g/mol. The van der Waals surface area contributed by atoms with Gasteiger partial charge in [-0.2, -0.15) is 0 Å². The summed E-state index contributed by atoms with van der Waals surface area (Å²) in [7, 11) is 2.11. The normalized spacial score (nSPS) is 18.0. The van der Waals surface area contributed by atoms with E-state index in [0.717, 1.165) is 18.7 Å². The van der Waals surface area contributed by atoms with Gasteiger partial charge in [-0.15, -0.1) is 0 Å². The Kier molecular flexibility index (Phi) is 2.58. The Morgan fingerprint density at radius 2 is 2.28 bits per heavy atom. The lowest BCUT2D eigenvalue weighted by molar-refractivity contribution is -0.127.